The lowest BCUT2D eigenvalue weighted by molar-refractivity contribution is 0.546. The van der Waals surface area contributed by atoms with E-state index in [1.165, 1.54) is 16.5 Å². The Morgan fingerprint density at radius 1 is 0.387 bits per heavy atom. The predicted octanol–water partition coefficient (Wildman–Crippen LogP) is 14.1. The molecule has 0 amide bonds. The fourth-order valence-corrected chi connectivity index (χ4v) is 9.31. The van der Waals surface area contributed by atoms with Crippen molar-refractivity contribution in [2.75, 3.05) is 0 Å². The van der Waals surface area contributed by atoms with Crippen LogP contribution in [0.25, 0.3) is 112 Å². The molecule has 0 saturated heterocycles. The van der Waals surface area contributed by atoms with Gasteiger partial charge in [-0.05, 0) is 120 Å². The van der Waals surface area contributed by atoms with Crippen LogP contribution in [0, 0.1) is 0 Å². The number of allylic oxidation sites excluding steroid dienone is 1. The minimum atomic E-state index is 0.778. The number of hydrogen-bond acceptors (Lipinski definition) is 5. The van der Waals surface area contributed by atoms with Crippen molar-refractivity contribution in [1.82, 2.24) is 24.5 Å². The van der Waals surface area contributed by atoms with E-state index in [4.69, 9.17) is 24.4 Å². The van der Waals surface area contributed by atoms with Crippen LogP contribution >= 0.6 is 0 Å². The minimum Gasteiger partial charge on any atom is -0.460 e. The Morgan fingerprint density at radius 3 is 1.32 bits per heavy atom. The first-order chi connectivity index (χ1) is 30.7. The molecule has 0 bridgehead atoms. The topological polar surface area (TPSA) is 69.6 Å². The van der Waals surface area contributed by atoms with E-state index in [0.717, 1.165) is 113 Å². The zero-order valence-electron chi connectivity index (χ0n) is 33.6. The zero-order chi connectivity index (χ0) is 41.0. The van der Waals surface area contributed by atoms with Gasteiger partial charge in [-0.3, -0.25) is 19.9 Å². The van der Waals surface area contributed by atoms with Crippen molar-refractivity contribution in [3.63, 3.8) is 0 Å². The Labute approximate surface area is 358 Å². The van der Waals surface area contributed by atoms with Crippen LogP contribution in [0.2, 0.25) is 0 Å². The number of benzene rings is 5. The molecule has 0 spiro atoms. The molecule has 6 nitrogen and oxygen atoms in total. The maximum Gasteiger partial charge on any atom is 0.135 e. The third kappa shape index (κ3) is 6.03. The Hall–Kier alpha value is -8.22. The molecule has 292 valence electrons. The molecule has 6 heteroatoms. The zero-order valence-corrected chi connectivity index (χ0v) is 33.6. The smallest absolute Gasteiger partial charge is 0.135 e. The Kier molecular flexibility index (Phi) is 8.52. The van der Waals surface area contributed by atoms with Gasteiger partial charge in [-0.25, -0.2) is 0 Å². The summed E-state index contributed by atoms with van der Waals surface area (Å²) in [6.07, 6.45) is 11.3. The summed E-state index contributed by atoms with van der Waals surface area (Å²) in [5.41, 5.74) is 18.0. The van der Waals surface area contributed by atoms with Crippen LogP contribution in [0.5, 0.6) is 0 Å². The molecule has 62 heavy (non-hydrogen) atoms. The average Bonchev–Trinajstić information content (AvgIpc) is 3.88. The fraction of sp³-hybridized carbons (Fsp3) is 0.0357. The van der Waals surface area contributed by atoms with E-state index in [1.807, 2.05) is 79.4 Å². The second-order valence-electron chi connectivity index (χ2n) is 15.7. The van der Waals surface area contributed by atoms with Gasteiger partial charge in [-0.15, -0.1) is 0 Å². The van der Waals surface area contributed by atoms with E-state index < -0.39 is 0 Å². The highest BCUT2D eigenvalue weighted by molar-refractivity contribution is 6.14. The summed E-state index contributed by atoms with van der Waals surface area (Å²) < 4.78 is 9.17. The summed E-state index contributed by atoms with van der Waals surface area (Å²) in [6, 6.07) is 59.6. The molecule has 0 fully saturated rings. The predicted molar refractivity (Wildman–Crippen MR) is 252 cm³/mol. The maximum atomic E-state index is 6.70. The SMILES string of the molecule is C1=C(n2c3ccc(-c4ccccc4-c4ccccn4)cc3c3cc(-c4ccccc4-c4ccccn4)ccc32)CCc2oc3cc(-c4ccccn4)c(-c4ccccn4)cc3c21. The van der Waals surface area contributed by atoms with E-state index in [-0.39, 0.29) is 0 Å². The second-order valence-corrected chi connectivity index (χ2v) is 15.7. The lowest BCUT2D eigenvalue weighted by Gasteiger charge is -2.17. The van der Waals surface area contributed by atoms with Crippen LogP contribution < -0.4 is 0 Å². The molecule has 0 N–H and O–H groups in total. The van der Waals surface area contributed by atoms with E-state index in [9.17, 15) is 0 Å². The summed E-state index contributed by atoms with van der Waals surface area (Å²) in [6.45, 7) is 0. The number of nitrogens with zero attached hydrogens (tertiary/aromatic N) is 5. The number of aromatic nitrogens is 5. The van der Waals surface area contributed by atoms with Gasteiger partial charge in [0.1, 0.15) is 11.3 Å². The van der Waals surface area contributed by atoms with Crippen LogP contribution in [0.1, 0.15) is 17.7 Å². The third-order valence-corrected chi connectivity index (χ3v) is 12.2. The first kappa shape index (κ1) is 35.7. The number of aryl methyl sites for hydroxylation is 1. The maximum absolute atomic E-state index is 6.70. The third-order valence-electron chi connectivity index (χ3n) is 12.2. The van der Waals surface area contributed by atoms with Crippen molar-refractivity contribution in [3.8, 4) is 67.3 Å². The standard InChI is InChI=1S/C56H37N5O/c1-3-15-41(49-17-5-9-27-57-49)39(13-1)36-21-24-53-45(31-36)46-32-37(40-14-2-4-16-42(40)50-18-6-10-28-58-50)22-25-54(46)61(53)38-23-26-55-47(33-38)48-34-43(51-19-7-11-29-59-51)44(35-56(48)62-55)52-20-8-12-30-60-52/h1-22,24-25,27-35H,23,26H2. The van der Waals surface area contributed by atoms with Crippen LogP contribution in [-0.4, -0.2) is 24.5 Å². The van der Waals surface area contributed by atoms with E-state index in [0.29, 0.717) is 0 Å². The summed E-state index contributed by atoms with van der Waals surface area (Å²) in [4.78, 5) is 19.0. The van der Waals surface area contributed by atoms with Gasteiger partial charge < -0.3 is 8.98 Å². The Balaban J connectivity index is 1.07. The second kappa shape index (κ2) is 14.8. The summed E-state index contributed by atoms with van der Waals surface area (Å²) in [5.74, 6) is 0.997. The summed E-state index contributed by atoms with van der Waals surface area (Å²) in [7, 11) is 0. The number of hydrogen-bond donors (Lipinski definition) is 0. The van der Waals surface area contributed by atoms with Gasteiger partial charge in [0.05, 0.1) is 33.8 Å². The summed E-state index contributed by atoms with van der Waals surface area (Å²) in [5, 5.41) is 3.44. The average molecular weight is 796 g/mol. The molecule has 6 heterocycles. The van der Waals surface area contributed by atoms with Gasteiger partial charge in [-0.2, -0.15) is 0 Å². The van der Waals surface area contributed by atoms with Crippen LogP contribution in [0.4, 0.5) is 0 Å². The van der Waals surface area contributed by atoms with Gasteiger partial charge in [0.2, 0.25) is 0 Å². The number of furan rings is 1. The van der Waals surface area contributed by atoms with Crippen molar-refractivity contribution in [1.29, 1.82) is 0 Å². The van der Waals surface area contributed by atoms with Crippen molar-refractivity contribution >= 4 is 44.5 Å². The van der Waals surface area contributed by atoms with Crippen molar-refractivity contribution in [2.45, 2.75) is 12.8 Å². The molecule has 5 aromatic carbocycles. The quantitative estimate of drug-likeness (QED) is 0.161. The first-order valence-corrected chi connectivity index (χ1v) is 21.0. The monoisotopic (exact) mass is 795 g/mol. The van der Waals surface area contributed by atoms with E-state index >= 15 is 0 Å². The summed E-state index contributed by atoms with van der Waals surface area (Å²) >= 11 is 0. The minimum absolute atomic E-state index is 0.778. The fourth-order valence-electron chi connectivity index (χ4n) is 9.31. The van der Waals surface area contributed by atoms with Crippen molar-refractivity contribution in [3.05, 3.63) is 206 Å². The van der Waals surface area contributed by atoms with Gasteiger partial charge in [0.25, 0.3) is 0 Å². The van der Waals surface area contributed by atoms with Crippen LogP contribution in [0.15, 0.2) is 199 Å². The van der Waals surface area contributed by atoms with Crippen LogP contribution in [0.3, 0.4) is 0 Å². The highest BCUT2D eigenvalue weighted by Crippen LogP contribution is 2.45. The van der Waals surface area contributed by atoms with E-state index in [1.54, 1.807) is 0 Å². The largest absolute Gasteiger partial charge is 0.460 e. The van der Waals surface area contributed by atoms with Gasteiger partial charge in [-0.1, -0.05) is 84.9 Å². The Bertz CT molecular complexity index is 3360. The molecule has 0 atom stereocenters. The lowest BCUT2D eigenvalue weighted by Crippen LogP contribution is -2.03. The molecule has 1 aliphatic rings. The number of rotatable bonds is 7. The molecule has 12 rings (SSSR count). The molecule has 11 aromatic rings. The van der Waals surface area contributed by atoms with Gasteiger partial charge >= 0.3 is 0 Å². The molecule has 0 radical (unpaired) electrons. The van der Waals surface area contributed by atoms with E-state index in [2.05, 4.69) is 126 Å². The van der Waals surface area contributed by atoms with Gasteiger partial charge in [0.15, 0.2) is 0 Å². The molecular weight excluding hydrogens is 759 g/mol. The number of pyridine rings is 4. The highest BCUT2D eigenvalue weighted by Gasteiger charge is 2.25. The van der Waals surface area contributed by atoms with Crippen molar-refractivity contribution < 1.29 is 4.42 Å². The molecule has 1 aliphatic carbocycles. The molecule has 0 aliphatic heterocycles. The normalized spacial score (nSPS) is 12.5. The molecule has 6 aromatic heterocycles. The molecule has 0 unspecified atom stereocenters. The lowest BCUT2D eigenvalue weighted by atomic mass is 9.94. The first-order valence-electron chi connectivity index (χ1n) is 21.0. The molecular formula is C56H37N5O. The van der Waals surface area contributed by atoms with Gasteiger partial charge in [0, 0.05) is 80.9 Å². The highest BCUT2D eigenvalue weighted by atomic mass is 16.3. The Morgan fingerprint density at radius 2 is 0.839 bits per heavy atom. The number of fused-ring (bicyclic) bond motifs is 6. The van der Waals surface area contributed by atoms with Crippen molar-refractivity contribution in [2.24, 2.45) is 0 Å². The van der Waals surface area contributed by atoms with Crippen LogP contribution in [-0.2, 0) is 6.42 Å². The molecule has 0 saturated carbocycles.